The third-order valence-electron chi connectivity index (χ3n) is 4.20. The maximum absolute atomic E-state index is 5.73. The summed E-state index contributed by atoms with van der Waals surface area (Å²) in [4.78, 5) is 8.90. The van der Waals surface area contributed by atoms with Crippen LogP contribution in [0.15, 0.2) is 65.8 Å². The first-order valence-electron chi connectivity index (χ1n) is 9.67. The minimum absolute atomic E-state index is 0.665. The molecule has 0 aliphatic heterocycles. The molecule has 3 rings (SSSR count). The molecule has 0 fully saturated rings. The average molecular weight is 374 g/mol. The summed E-state index contributed by atoms with van der Waals surface area (Å²) < 4.78 is 5.73. The molecule has 5 heteroatoms. The zero-order valence-electron chi connectivity index (χ0n) is 16.4. The molecule has 0 unspecified atom stereocenters. The fraction of sp³-hybridized carbons (Fsp3) is 0.261. The molecule has 1 aromatic heterocycles. The Morgan fingerprint density at radius 1 is 1.00 bits per heavy atom. The standard InChI is InChI=1S/C23H26N4O/c1-3-4-8-15-28-21-13-11-19(12-14-21)17-24-27-23-16-22(25-18(2)26-23)20-9-6-5-7-10-20/h5-7,9-14,16-17H,3-4,8,15H2,1-2H3,(H,25,26,27). The van der Waals surface area contributed by atoms with Crippen molar-refractivity contribution in [2.75, 3.05) is 12.0 Å². The van der Waals surface area contributed by atoms with Crippen molar-refractivity contribution in [3.05, 3.63) is 72.1 Å². The van der Waals surface area contributed by atoms with E-state index in [1.165, 1.54) is 12.8 Å². The summed E-state index contributed by atoms with van der Waals surface area (Å²) in [6, 6.07) is 19.8. The maximum atomic E-state index is 5.73. The topological polar surface area (TPSA) is 59.4 Å². The Labute approximate surface area is 166 Å². The Hall–Kier alpha value is -3.21. The SMILES string of the molecule is CCCCCOc1ccc(C=NNc2cc(-c3ccccc3)nc(C)n2)cc1. The Morgan fingerprint density at radius 3 is 2.54 bits per heavy atom. The normalized spacial score (nSPS) is 10.9. The molecule has 0 saturated heterocycles. The fourth-order valence-electron chi connectivity index (χ4n) is 2.75. The lowest BCUT2D eigenvalue weighted by atomic mass is 10.1. The molecule has 0 radical (unpaired) electrons. The second-order valence-corrected chi connectivity index (χ2v) is 6.55. The number of nitrogens with zero attached hydrogens (tertiary/aromatic N) is 3. The minimum atomic E-state index is 0.665. The summed E-state index contributed by atoms with van der Waals surface area (Å²) in [5.41, 5.74) is 5.90. The van der Waals surface area contributed by atoms with E-state index in [1.807, 2.05) is 67.6 Å². The number of ether oxygens (including phenoxy) is 1. The lowest BCUT2D eigenvalue weighted by molar-refractivity contribution is 0.306. The molecule has 1 N–H and O–H groups in total. The average Bonchev–Trinajstić information content (AvgIpc) is 2.73. The van der Waals surface area contributed by atoms with Gasteiger partial charge in [0.25, 0.3) is 0 Å². The van der Waals surface area contributed by atoms with Crippen molar-refractivity contribution in [1.82, 2.24) is 9.97 Å². The van der Waals surface area contributed by atoms with Crippen molar-refractivity contribution in [3.8, 4) is 17.0 Å². The van der Waals surface area contributed by atoms with Gasteiger partial charge in [0.2, 0.25) is 0 Å². The van der Waals surface area contributed by atoms with Crippen molar-refractivity contribution >= 4 is 12.0 Å². The van der Waals surface area contributed by atoms with Crippen LogP contribution in [0.4, 0.5) is 5.82 Å². The zero-order chi connectivity index (χ0) is 19.6. The quantitative estimate of drug-likeness (QED) is 0.307. The molecule has 0 spiro atoms. The number of hydrogen-bond acceptors (Lipinski definition) is 5. The first kappa shape index (κ1) is 19.5. The van der Waals surface area contributed by atoms with Gasteiger partial charge in [-0.15, -0.1) is 0 Å². The number of hydrazone groups is 1. The van der Waals surface area contributed by atoms with Gasteiger partial charge in [-0.1, -0.05) is 50.1 Å². The fourth-order valence-corrected chi connectivity index (χ4v) is 2.75. The highest BCUT2D eigenvalue weighted by molar-refractivity contribution is 5.80. The summed E-state index contributed by atoms with van der Waals surface area (Å²) in [5.74, 6) is 2.25. The van der Waals surface area contributed by atoms with Crippen LogP contribution in [0.2, 0.25) is 0 Å². The van der Waals surface area contributed by atoms with Crippen LogP contribution >= 0.6 is 0 Å². The van der Waals surface area contributed by atoms with E-state index in [0.29, 0.717) is 11.6 Å². The monoisotopic (exact) mass is 374 g/mol. The van der Waals surface area contributed by atoms with E-state index in [1.54, 1.807) is 6.21 Å². The second-order valence-electron chi connectivity index (χ2n) is 6.55. The van der Waals surface area contributed by atoms with Gasteiger partial charge >= 0.3 is 0 Å². The lowest BCUT2D eigenvalue weighted by Crippen LogP contribution is -1.99. The van der Waals surface area contributed by atoms with Crippen LogP contribution in [0.3, 0.4) is 0 Å². The molecule has 2 aromatic carbocycles. The Morgan fingerprint density at radius 2 is 1.79 bits per heavy atom. The highest BCUT2D eigenvalue weighted by atomic mass is 16.5. The van der Waals surface area contributed by atoms with Crippen LogP contribution < -0.4 is 10.2 Å². The van der Waals surface area contributed by atoms with Crippen LogP contribution in [0, 0.1) is 6.92 Å². The molecule has 144 valence electrons. The third kappa shape index (κ3) is 5.91. The van der Waals surface area contributed by atoms with Crippen LogP contribution in [0.1, 0.15) is 37.6 Å². The van der Waals surface area contributed by atoms with E-state index >= 15 is 0 Å². The van der Waals surface area contributed by atoms with Crippen molar-refractivity contribution in [2.24, 2.45) is 5.10 Å². The van der Waals surface area contributed by atoms with E-state index in [2.05, 4.69) is 27.4 Å². The molecule has 1 heterocycles. The van der Waals surface area contributed by atoms with Crippen LogP contribution in [-0.4, -0.2) is 22.8 Å². The minimum Gasteiger partial charge on any atom is -0.494 e. The molecular weight excluding hydrogens is 348 g/mol. The summed E-state index contributed by atoms with van der Waals surface area (Å²) >= 11 is 0. The number of hydrogen-bond donors (Lipinski definition) is 1. The first-order valence-corrected chi connectivity index (χ1v) is 9.67. The van der Waals surface area contributed by atoms with Crippen LogP contribution in [-0.2, 0) is 0 Å². The van der Waals surface area contributed by atoms with Gasteiger partial charge in [-0.05, 0) is 43.2 Å². The molecule has 0 saturated carbocycles. The van der Waals surface area contributed by atoms with E-state index in [4.69, 9.17) is 4.74 Å². The Balaban J connectivity index is 1.59. The van der Waals surface area contributed by atoms with Gasteiger partial charge < -0.3 is 4.74 Å². The van der Waals surface area contributed by atoms with Gasteiger partial charge in [0.05, 0.1) is 18.5 Å². The molecule has 0 atom stereocenters. The predicted octanol–water partition coefficient (Wildman–Crippen LogP) is 5.47. The van der Waals surface area contributed by atoms with Crippen molar-refractivity contribution < 1.29 is 4.74 Å². The largest absolute Gasteiger partial charge is 0.494 e. The summed E-state index contributed by atoms with van der Waals surface area (Å²) in [6.45, 7) is 4.83. The van der Waals surface area contributed by atoms with Crippen molar-refractivity contribution in [3.63, 3.8) is 0 Å². The van der Waals surface area contributed by atoms with Gasteiger partial charge in [0.15, 0.2) is 0 Å². The second kappa shape index (κ2) is 10.2. The highest BCUT2D eigenvalue weighted by Gasteiger charge is 2.03. The predicted molar refractivity (Wildman–Crippen MR) is 115 cm³/mol. The molecule has 28 heavy (non-hydrogen) atoms. The Bertz CT molecular complexity index is 892. The van der Waals surface area contributed by atoms with Gasteiger partial charge in [-0.25, -0.2) is 9.97 Å². The number of nitrogens with one attached hydrogen (secondary N) is 1. The number of aryl methyl sites for hydroxylation is 1. The highest BCUT2D eigenvalue weighted by Crippen LogP contribution is 2.19. The molecular formula is C23H26N4O. The van der Waals surface area contributed by atoms with E-state index < -0.39 is 0 Å². The molecule has 0 amide bonds. The maximum Gasteiger partial charge on any atom is 0.150 e. The van der Waals surface area contributed by atoms with Gasteiger partial charge in [0.1, 0.15) is 17.4 Å². The van der Waals surface area contributed by atoms with Gasteiger partial charge in [-0.3, -0.25) is 5.43 Å². The summed E-state index contributed by atoms with van der Waals surface area (Å²) in [5, 5.41) is 4.30. The summed E-state index contributed by atoms with van der Waals surface area (Å²) in [7, 11) is 0. The van der Waals surface area contributed by atoms with E-state index in [9.17, 15) is 0 Å². The molecule has 0 bridgehead atoms. The molecule has 0 aliphatic carbocycles. The number of aromatic nitrogens is 2. The first-order chi connectivity index (χ1) is 13.7. The Kier molecular flexibility index (Phi) is 7.13. The smallest absolute Gasteiger partial charge is 0.150 e. The molecule has 3 aromatic rings. The van der Waals surface area contributed by atoms with Crippen LogP contribution in [0.5, 0.6) is 5.75 Å². The van der Waals surface area contributed by atoms with Crippen molar-refractivity contribution in [2.45, 2.75) is 33.1 Å². The van der Waals surface area contributed by atoms with E-state index in [-0.39, 0.29) is 0 Å². The third-order valence-corrected chi connectivity index (χ3v) is 4.20. The van der Waals surface area contributed by atoms with Gasteiger partial charge in [0, 0.05) is 11.6 Å². The number of rotatable bonds is 9. The van der Waals surface area contributed by atoms with E-state index in [0.717, 1.165) is 35.6 Å². The van der Waals surface area contributed by atoms with Gasteiger partial charge in [-0.2, -0.15) is 5.10 Å². The van der Waals surface area contributed by atoms with Crippen LogP contribution in [0.25, 0.3) is 11.3 Å². The summed E-state index contributed by atoms with van der Waals surface area (Å²) in [6.07, 6.45) is 5.25. The number of anilines is 1. The van der Waals surface area contributed by atoms with Crippen molar-refractivity contribution in [1.29, 1.82) is 0 Å². The zero-order valence-corrected chi connectivity index (χ0v) is 16.4. The lowest BCUT2D eigenvalue weighted by Gasteiger charge is -2.06. The number of benzene rings is 2. The molecule has 5 nitrogen and oxygen atoms in total. The number of unbranched alkanes of at least 4 members (excludes halogenated alkanes) is 2. The molecule has 0 aliphatic rings.